The Labute approximate surface area is 437 Å². The van der Waals surface area contributed by atoms with Gasteiger partial charge in [-0.25, -0.2) is 10.2 Å². The molecule has 2 saturated heterocycles. The molecule has 72 heavy (non-hydrogen) atoms. The second kappa shape index (κ2) is 20.0. The molecule has 11 rings (SSSR count). The van der Waals surface area contributed by atoms with E-state index in [9.17, 15) is 20.1 Å². The lowest BCUT2D eigenvalue weighted by Crippen LogP contribution is -2.84. The van der Waals surface area contributed by atoms with Crippen LogP contribution in [0.1, 0.15) is 160 Å². The number of esters is 2. The number of carbonyl (C=O) groups is 2. The Morgan fingerprint density at radius 2 is 1.54 bits per heavy atom. The molecular weight excluding hydrogens is 937 g/mol. The molecule has 5 saturated carbocycles. The summed E-state index contributed by atoms with van der Waals surface area (Å²) in [5.74, 6) is 9.11. The van der Waals surface area contributed by atoms with E-state index >= 15 is 4.79 Å². The maximum atomic E-state index is 16.8. The molecule has 5 N–H and O–H groups in total. The number of carbonyl (C=O) groups excluding carboxylic acids is 2. The van der Waals surface area contributed by atoms with Crippen LogP contribution in [0.5, 0.6) is 0 Å². The fraction of sp³-hybridized carbons (Fsp3) is 0.705. The molecule has 0 radical (unpaired) electrons. The molecule has 4 heterocycles. The normalized spacial score (nSPS) is 44.0. The molecule has 2 aromatic rings. The van der Waals surface area contributed by atoms with Gasteiger partial charge >= 0.3 is 11.9 Å². The summed E-state index contributed by atoms with van der Waals surface area (Å²) in [4.78, 5) is 29.4. The van der Waals surface area contributed by atoms with Crippen LogP contribution < -0.4 is 10.9 Å². The van der Waals surface area contributed by atoms with Crippen molar-refractivity contribution in [3.05, 3.63) is 83.4 Å². The first-order valence-electron chi connectivity index (χ1n) is 28.3. The first-order valence-corrected chi connectivity index (χ1v) is 30.7. The summed E-state index contributed by atoms with van der Waals surface area (Å²) in [7, 11) is 3.89. The first kappa shape index (κ1) is 51.3. The summed E-state index contributed by atoms with van der Waals surface area (Å²) in [5.41, 5.74) is 3.54. The number of aliphatic hydroxyl groups excluding tert-OH is 2. The molecule has 0 amide bonds. The minimum atomic E-state index is -1.79. The van der Waals surface area contributed by atoms with Gasteiger partial charge in [0.2, 0.25) is 0 Å². The number of fused-ring (bicyclic) bond motifs is 4. The van der Waals surface area contributed by atoms with Crippen molar-refractivity contribution in [3.8, 4) is 11.8 Å². The molecular formula is C61H82N2O7S2. The van der Waals surface area contributed by atoms with Gasteiger partial charge in [0.05, 0.1) is 34.1 Å². The summed E-state index contributed by atoms with van der Waals surface area (Å²) >= 11 is 0. The lowest BCUT2D eigenvalue weighted by molar-refractivity contribution is -0.363. The third kappa shape index (κ3) is 8.40. The average Bonchev–Trinajstić information content (AvgIpc) is 4.04. The molecule has 390 valence electrons. The molecule has 0 unspecified atom stereocenters. The average molecular weight is 1020 g/mol. The maximum Gasteiger partial charge on any atom is 0.331 e. The van der Waals surface area contributed by atoms with Crippen LogP contribution in [-0.4, -0.2) is 74.9 Å². The van der Waals surface area contributed by atoms with Gasteiger partial charge in [-0.2, -0.15) is 0 Å². The van der Waals surface area contributed by atoms with Crippen molar-refractivity contribution < 1.29 is 34.4 Å². The van der Waals surface area contributed by atoms with Gasteiger partial charge in [-0.1, -0.05) is 128 Å². The molecule has 4 aliphatic heterocycles. The van der Waals surface area contributed by atoms with Crippen molar-refractivity contribution in [3.63, 3.8) is 0 Å². The molecule has 2 spiro atoms. The number of benzene rings is 2. The number of hydrazine groups is 1. The zero-order chi connectivity index (χ0) is 50.0. The summed E-state index contributed by atoms with van der Waals surface area (Å²) < 4.78 is 13.2. The van der Waals surface area contributed by atoms with Crippen LogP contribution in [0.3, 0.4) is 0 Å². The van der Waals surface area contributed by atoms with Crippen LogP contribution >= 0.6 is 21.6 Å². The quantitative estimate of drug-likeness (QED) is 0.103. The summed E-state index contributed by atoms with van der Waals surface area (Å²) in [5, 5.41) is 42.1. The molecule has 7 fully saturated rings. The summed E-state index contributed by atoms with van der Waals surface area (Å²) in [6, 6.07) is 22.1. The molecule has 2 aromatic carbocycles. The number of cyclic esters (lactones) is 1. The topological polar surface area (TPSA) is 137 Å². The van der Waals surface area contributed by atoms with E-state index in [1.165, 1.54) is 30.4 Å². The lowest BCUT2D eigenvalue weighted by atomic mass is 9.34. The van der Waals surface area contributed by atoms with Crippen LogP contribution in [0.25, 0.3) is 0 Å². The van der Waals surface area contributed by atoms with Crippen LogP contribution in [0.15, 0.2) is 72.3 Å². The van der Waals surface area contributed by atoms with Crippen molar-refractivity contribution in [1.82, 2.24) is 10.9 Å². The standard InChI is InChI=1S/C61H82N2O7S2/c1-41-21-24-50(64)61-51(65)26-31-56(3)48-19-13-20-49(48)62-63-59(53(56)61)40-55(2,60(61,68)32-25-43-35-52(66)69-37-43)27-14-30-58(54(67)70-59)36-46(57(28-11-6-12-29-57)45-17-9-5-10-18-45)22-23-47(58)39-72-71-38-44(33-41)34-42-15-7-4-8-16-42/h4-5,7-10,15-18,35,41,44,46-51,53,62-65,68H,6,11-13,19-26,28-34,36-40H2,1-3H3/t41-,44+,46+,47+,48+,49+,50-,51+,53-,55+,56+,58-,59-,60-,61+/m1/s1. The van der Waals surface area contributed by atoms with Gasteiger partial charge in [0.25, 0.3) is 0 Å². The van der Waals surface area contributed by atoms with E-state index in [1.54, 1.807) is 6.08 Å². The molecule has 9 aliphatic rings. The fourth-order valence-electron chi connectivity index (χ4n) is 18.2. The van der Waals surface area contributed by atoms with E-state index in [-0.39, 0.29) is 66.5 Å². The highest BCUT2D eigenvalue weighted by Crippen LogP contribution is 2.75. The van der Waals surface area contributed by atoms with Crippen molar-refractivity contribution in [2.24, 2.45) is 57.2 Å². The zero-order valence-electron chi connectivity index (χ0n) is 43.3. The van der Waals surface area contributed by atoms with Gasteiger partial charge < -0.3 is 24.8 Å². The van der Waals surface area contributed by atoms with Gasteiger partial charge in [0.15, 0.2) is 5.72 Å². The Balaban J connectivity index is 1.11. The predicted octanol–water partition coefficient (Wildman–Crippen LogP) is 10.8. The van der Waals surface area contributed by atoms with Crippen LogP contribution in [0.4, 0.5) is 0 Å². The minimum Gasteiger partial charge on any atom is -0.458 e. The molecule has 11 heteroatoms. The van der Waals surface area contributed by atoms with Crippen molar-refractivity contribution in [2.45, 2.75) is 191 Å². The number of hydrogen-bond acceptors (Lipinski definition) is 11. The SMILES string of the molecule is C[C@@H]1CC[C@@H](O)[C@@]23[C@@H](O)CC[C@@]4(C)[C@H]5CCC[C@@H]5NN[C@@]5(C[C@](C)(C#CC[C@]6(C[C@@H](C7(c8ccccc8)CCCCC7)CC[C@H]6CSSC[C@H](Cc6ccccc6)C1)C(=O)O5)[C@]2(O)CCC1=CC(=O)OC1)[C@@H]43. The van der Waals surface area contributed by atoms with Crippen LogP contribution in [0, 0.1) is 69.0 Å². The van der Waals surface area contributed by atoms with E-state index in [4.69, 9.17) is 9.47 Å². The van der Waals surface area contributed by atoms with Crippen molar-refractivity contribution in [1.29, 1.82) is 0 Å². The molecule has 5 aliphatic carbocycles. The number of hydrogen-bond donors (Lipinski definition) is 5. The highest BCUT2D eigenvalue weighted by atomic mass is 33.1. The molecule has 0 aromatic heterocycles. The highest BCUT2D eigenvalue weighted by Gasteiger charge is 2.83. The van der Waals surface area contributed by atoms with Crippen LogP contribution in [0.2, 0.25) is 0 Å². The lowest BCUT2D eigenvalue weighted by Gasteiger charge is -2.73. The number of ether oxygens (including phenoxy) is 2. The van der Waals surface area contributed by atoms with Gasteiger partial charge in [-0.15, -0.1) is 5.92 Å². The predicted molar refractivity (Wildman–Crippen MR) is 286 cm³/mol. The molecule has 15 atom stereocenters. The van der Waals surface area contributed by atoms with E-state index < -0.39 is 51.1 Å². The molecule has 4 bridgehead atoms. The third-order valence-electron chi connectivity index (χ3n) is 21.5. The van der Waals surface area contributed by atoms with Gasteiger partial charge in [-0.3, -0.25) is 10.2 Å². The van der Waals surface area contributed by atoms with Gasteiger partial charge in [-0.05, 0) is 160 Å². The Morgan fingerprint density at radius 1 is 0.806 bits per heavy atom. The van der Waals surface area contributed by atoms with Crippen molar-refractivity contribution in [2.75, 3.05) is 18.1 Å². The largest absolute Gasteiger partial charge is 0.458 e. The Morgan fingerprint density at radius 3 is 2.31 bits per heavy atom. The van der Waals surface area contributed by atoms with E-state index in [2.05, 4.69) is 97.2 Å². The van der Waals surface area contributed by atoms with E-state index in [1.807, 2.05) is 28.5 Å². The fourth-order valence-corrected chi connectivity index (χ4v) is 21.2. The Hall–Kier alpha value is -2.82. The van der Waals surface area contributed by atoms with Crippen LogP contribution in [-0.2, 0) is 30.9 Å². The molecule has 9 nitrogen and oxygen atoms in total. The third-order valence-corrected chi connectivity index (χ3v) is 24.2. The minimum absolute atomic E-state index is 0.00340. The second-order valence-corrected chi connectivity index (χ2v) is 27.9. The van der Waals surface area contributed by atoms with E-state index in [0.29, 0.717) is 50.9 Å². The second-order valence-electron chi connectivity index (χ2n) is 25.3. The Bertz CT molecular complexity index is 2410. The summed E-state index contributed by atoms with van der Waals surface area (Å²) in [6.07, 6.45) is 15.6. The van der Waals surface area contributed by atoms with E-state index in [0.717, 1.165) is 74.9 Å². The number of nitrogens with one attached hydrogen (secondary N) is 2. The first-order chi connectivity index (χ1) is 34.7. The number of rotatable bonds is 7. The highest BCUT2D eigenvalue weighted by molar-refractivity contribution is 8.76. The van der Waals surface area contributed by atoms with Gasteiger partial charge in [0.1, 0.15) is 6.61 Å². The zero-order valence-corrected chi connectivity index (χ0v) is 44.9. The smallest absolute Gasteiger partial charge is 0.331 e. The monoisotopic (exact) mass is 1020 g/mol. The maximum absolute atomic E-state index is 16.8. The Kier molecular flexibility index (Phi) is 14.2. The van der Waals surface area contributed by atoms with Crippen molar-refractivity contribution >= 4 is 33.5 Å². The van der Waals surface area contributed by atoms with Gasteiger partial charge in [0, 0.05) is 42.4 Å². The summed E-state index contributed by atoms with van der Waals surface area (Å²) in [6.45, 7) is 6.85. The number of aliphatic hydroxyl groups is 3.